The fourth-order valence-corrected chi connectivity index (χ4v) is 3.88. The predicted molar refractivity (Wildman–Crippen MR) is 75.2 cm³/mol. The number of hydrogen-bond acceptors (Lipinski definition) is 3. The molecule has 2 bridgehead atoms. The number of aliphatic hydroxyl groups excluding tert-OH is 1. The molecule has 2 aliphatic rings. The van der Waals surface area contributed by atoms with E-state index in [1.165, 1.54) is 29.4 Å². The minimum absolute atomic E-state index is 0.101. The number of aliphatic hydroxyl groups is 1. The molecule has 0 aliphatic carbocycles. The lowest BCUT2D eigenvalue weighted by Crippen LogP contribution is -2.44. The zero-order valence-corrected chi connectivity index (χ0v) is 11.2. The van der Waals surface area contributed by atoms with Gasteiger partial charge in [-0.25, -0.2) is 0 Å². The van der Waals surface area contributed by atoms with Gasteiger partial charge in [0.25, 0.3) is 0 Å². The maximum Gasteiger partial charge on any atom is 0.0680 e. The van der Waals surface area contributed by atoms with Crippen LogP contribution in [0.4, 0.5) is 5.69 Å². The summed E-state index contributed by atoms with van der Waals surface area (Å²) in [5.74, 6) is 0. The Kier molecular flexibility index (Phi) is 2.36. The Labute approximate surface area is 112 Å². The van der Waals surface area contributed by atoms with Gasteiger partial charge in [-0.05, 0) is 43.9 Å². The molecule has 3 heterocycles. The fraction of sp³-hybridized carbons (Fsp3) is 0.533. The first kappa shape index (κ1) is 11.3. The molecule has 0 spiro atoms. The van der Waals surface area contributed by atoms with E-state index in [2.05, 4.69) is 28.2 Å². The predicted octanol–water partition coefficient (Wildman–Crippen LogP) is 2.07. The Morgan fingerprint density at radius 1 is 1.21 bits per heavy atom. The zero-order valence-electron chi connectivity index (χ0n) is 11.2. The molecule has 1 aromatic carbocycles. The molecule has 1 aromatic heterocycles. The van der Waals surface area contributed by atoms with Crippen molar-refractivity contribution >= 4 is 16.6 Å². The standard InChI is InChI=1S/C15H19N3O/c1-17-15-5-4-11(6-10(15)9-16-17)18-12-2-3-13(18)8-14(19)7-12/h4-6,9,12-14,19H,2-3,7-8H2,1H3. The smallest absolute Gasteiger partial charge is 0.0680 e. The molecule has 1 N–H and O–H groups in total. The summed E-state index contributed by atoms with van der Waals surface area (Å²) < 4.78 is 1.91. The summed E-state index contributed by atoms with van der Waals surface area (Å²) in [4.78, 5) is 2.53. The monoisotopic (exact) mass is 257 g/mol. The molecule has 2 fully saturated rings. The van der Waals surface area contributed by atoms with Crippen molar-refractivity contribution in [3.8, 4) is 0 Å². The van der Waals surface area contributed by atoms with Gasteiger partial charge >= 0.3 is 0 Å². The van der Waals surface area contributed by atoms with Crippen LogP contribution in [0.15, 0.2) is 24.4 Å². The van der Waals surface area contributed by atoms with Crippen molar-refractivity contribution in [3.05, 3.63) is 24.4 Å². The maximum atomic E-state index is 9.89. The molecule has 2 aliphatic heterocycles. The van der Waals surface area contributed by atoms with Crippen LogP contribution in [-0.4, -0.2) is 33.1 Å². The summed E-state index contributed by atoms with van der Waals surface area (Å²) in [6, 6.07) is 7.63. The summed E-state index contributed by atoms with van der Waals surface area (Å²) in [5, 5.41) is 15.4. The second kappa shape index (κ2) is 3.97. The van der Waals surface area contributed by atoms with E-state index in [9.17, 15) is 5.11 Å². The Hall–Kier alpha value is -1.55. The molecule has 19 heavy (non-hydrogen) atoms. The average Bonchev–Trinajstić information content (AvgIpc) is 2.89. The van der Waals surface area contributed by atoms with Crippen LogP contribution < -0.4 is 4.90 Å². The summed E-state index contributed by atoms with van der Waals surface area (Å²) >= 11 is 0. The molecule has 0 saturated carbocycles. The van der Waals surface area contributed by atoms with Crippen molar-refractivity contribution in [2.45, 2.75) is 43.9 Å². The van der Waals surface area contributed by atoms with Crippen molar-refractivity contribution in [2.75, 3.05) is 4.90 Å². The third kappa shape index (κ3) is 1.66. The van der Waals surface area contributed by atoms with E-state index in [0.29, 0.717) is 12.1 Å². The van der Waals surface area contributed by atoms with Gasteiger partial charge in [-0.1, -0.05) is 0 Å². The van der Waals surface area contributed by atoms with E-state index < -0.39 is 0 Å². The van der Waals surface area contributed by atoms with Gasteiger partial charge in [-0.3, -0.25) is 4.68 Å². The first-order valence-electron chi connectivity index (χ1n) is 7.10. The van der Waals surface area contributed by atoms with Crippen LogP contribution in [-0.2, 0) is 7.05 Å². The fourth-order valence-electron chi connectivity index (χ4n) is 3.88. The summed E-state index contributed by atoms with van der Waals surface area (Å²) in [6.45, 7) is 0. The first-order chi connectivity index (χ1) is 9.22. The van der Waals surface area contributed by atoms with E-state index in [1.807, 2.05) is 17.9 Å². The van der Waals surface area contributed by atoms with Gasteiger partial charge in [0, 0.05) is 30.2 Å². The average molecular weight is 257 g/mol. The number of fused-ring (bicyclic) bond motifs is 3. The van der Waals surface area contributed by atoms with Gasteiger partial charge in [0.05, 0.1) is 17.8 Å². The number of aryl methyl sites for hydroxylation is 1. The lowest BCUT2D eigenvalue weighted by atomic mass is 9.99. The summed E-state index contributed by atoms with van der Waals surface area (Å²) in [7, 11) is 1.98. The highest BCUT2D eigenvalue weighted by molar-refractivity contribution is 5.83. The molecule has 0 radical (unpaired) electrons. The highest BCUT2D eigenvalue weighted by Crippen LogP contribution is 2.39. The SMILES string of the molecule is Cn1ncc2cc(N3C4CCC3CC(O)C4)ccc21. The Bertz CT molecular complexity index is 607. The van der Waals surface area contributed by atoms with E-state index in [0.717, 1.165) is 12.8 Å². The van der Waals surface area contributed by atoms with Crippen LogP contribution >= 0.6 is 0 Å². The number of aromatic nitrogens is 2. The molecule has 2 atom stereocenters. The second-order valence-electron chi connectivity index (χ2n) is 5.93. The molecule has 4 nitrogen and oxygen atoms in total. The van der Waals surface area contributed by atoms with Crippen LogP contribution in [0.1, 0.15) is 25.7 Å². The van der Waals surface area contributed by atoms with Gasteiger partial charge in [-0.15, -0.1) is 0 Å². The number of nitrogens with zero attached hydrogens (tertiary/aromatic N) is 3. The van der Waals surface area contributed by atoms with E-state index in [4.69, 9.17) is 0 Å². The highest BCUT2D eigenvalue weighted by Gasteiger charge is 2.40. The molecular formula is C15H19N3O. The van der Waals surface area contributed by atoms with Gasteiger partial charge < -0.3 is 10.0 Å². The van der Waals surface area contributed by atoms with Crippen molar-refractivity contribution in [2.24, 2.45) is 7.05 Å². The van der Waals surface area contributed by atoms with Crippen molar-refractivity contribution in [1.29, 1.82) is 0 Å². The highest BCUT2D eigenvalue weighted by atomic mass is 16.3. The number of hydrogen-bond donors (Lipinski definition) is 1. The van der Waals surface area contributed by atoms with Gasteiger partial charge in [0.1, 0.15) is 0 Å². The minimum Gasteiger partial charge on any atom is -0.393 e. The molecule has 2 saturated heterocycles. The number of piperidine rings is 1. The molecule has 4 rings (SSSR count). The molecule has 100 valence electrons. The van der Waals surface area contributed by atoms with E-state index >= 15 is 0 Å². The molecular weight excluding hydrogens is 238 g/mol. The summed E-state index contributed by atoms with van der Waals surface area (Å²) in [5.41, 5.74) is 2.47. The zero-order chi connectivity index (χ0) is 13.0. The van der Waals surface area contributed by atoms with Crippen LogP contribution in [0.3, 0.4) is 0 Å². The van der Waals surface area contributed by atoms with E-state index in [1.54, 1.807) is 0 Å². The second-order valence-corrected chi connectivity index (χ2v) is 5.93. The normalized spacial score (nSPS) is 30.2. The third-order valence-electron chi connectivity index (χ3n) is 4.74. The van der Waals surface area contributed by atoms with Gasteiger partial charge in [0.15, 0.2) is 0 Å². The first-order valence-corrected chi connectivity index (χ1v) is 7.10. The third-order valence-corrected chi connectivity index (χ3v) is 4.74. The van der Waals surface area contributed by atoms with E-state index in [-0.39, 0.29) is 6.10 Å². The van der Waals surface area contributed by atoms with Crippen LogP contribution in [0, 0.1) is 0 Å². The van der Waals surface area contributed by atoms with Crippen LogP contribution in [0.2, 0.25) is 0 Å². The van der Waals surface area contributed by atoms with Crippen molar-refractivity contribution < 1.29 is 5.11 Å². The Balaban J connectivity index is 1.74. The number of rotatable bonds is 1. The van der Waals surface area contributed by atoms with Crippen LogP contribution in [0.25, 0.3) is 10.9 Å². The lowest BCUT2D eigenvalue weighted by molar-refractivity contribution is 0.126. The number of benzene rings is 1. The van der Waals surface area contributed by atoms with Crippen molar-refractivity contribution in [1.82, 2.24) is 9.78 Å². The quantitative estimate of drug-likeness (QED) is 0.850. The minimum atomic E-state index is -0.101. The van der Waals surface area contributed by atoms with Gasteiger partial charge in [0.2, 0.25) is 0 Å². The molecule has 2 aromatic rings. The summed E-state index contributed by atoms with van der Waals surface area (Å²) in [6.07, 6.45) is 6.10. The molecule has 2 unspecified atom stereocenters. The molecule has 0 amide bonds. The molecule has 4 heteroatoms. The van der Waals surface area contributed by atoms with Crippen LogP contribution in [0.5, 0.6) is 0 Å². The maximum absolute atomic E-state index is 9.89. The van der Waals surface area contributed by atoms with Gasteiger partial charge in [-0.2, -0.15) is 5.10 Å². The van der Waals surface area contributed by atoms with Crippen molar-refractivity contribution in [3.63, 3.8) is 0 Å². The number of anilines is 1. The Morgan fingerprint density at radius 3 is 2.68 bits per heavy atom. The lowest BCUT2D eigenvalue weighted by Gasteiger charge is -2.39. The largest absolute Gasteiger partial charge is 0.393 e. The topological polar surface area (TPSA) is 41.3 Å². The Morgan fingerprint density at radius 2 is 1.95 bits per heavy atom.